The van der Waals surface area contributed by atoms with Crippen LogP contribution in [0.25, 0.3) is 0 Å². The van der Waals surface area contributed by atoms with Crippen molar-refractivity contribution in [3.8, 4) is 11.5 Å². The average molecular weight is 285 g/mol. The molecule has 0 unspecified atom stereocenters. The summed E-state index contributed by atoms with van der Waals surface area (Å²) in [4.78, 5) is 11.1. The lowest BCUT2D eigenvalue weighted by molar-refractivity contribution is 0.0694. The van der Waals surface area contributed by atoms with E-state index in [0.717, 1.165) is 12.1 Å². The van der Waals surface area contributed by atoms with Gasteiger partial charge in [0, 0.05) is 6.07 Å². The second kappa shape index (κ2) is 5.24. The maximum Gasteiger partial charge on any atom is 0.341 e. The van der Waals surface area contributed by atoms with Gasteiger partial charge < -0.3 is 9.84 Å². The van der Waals surface area contributed by atoms with Crippen LogP contribution in [0, 0.1) is 11.6 Å². The minimum Gasteiger partial charge on any atom is -0.478 e. The number of aromatic carboxylic acids is 1. The summed E-state index contributed by atoms with van der Waals surface area (Å²) in [7, 11) is 0. The Labute approximate surface area is 112 Å². The van der Waals surface area contributed by atoms with Crippen molar-refractivity contribution in [3.63, 3.8) is 0 Å². The van der Waals surface area contributed by atoms with Gasteiger partial charge in [0.15, 0.2) is 11.6 Å². The van der Waals surface area contributed by atoms with Gasteiger partial charge in [0.2, 0.25) is 0 Å². The topological polar surface area (TPSA) is 46.5 Å². The highest BCUT2D eigenvalue weighted by Gasteiger charge is 2.17. The van der Waals surface area contributed by atoms with Gasteiger partial charge in [-0.05, 0) is 24.3 Å². The van der Waals surface area contributed by atoms with Crippen LogP contribution in [0.4, 0.5) is 8.78 Å². The van der Waals surface area contributed by atoms with Gasteiger partial charge in [0.25, 0.3) is 0 Å². The Hall–Kier alpha value is -2.14. The zero-order valence-corrected chi connectivity index (χ0v) is 10.1. The third-order valence-electron chi connectivity index (χ3n) is 2.30. The van der Waals surface area contributed by atoms with Crippen LogP contribution in [0.3, 0.4) is 0 Å². The number of benzene rings is 2. The highest BCUT2D eigenvalue weighted by Crippen LogP contribution is 2.31. The number of hydrogen-bond acceptors (Lipinski definition) is 2. The number of carbonyl (C=O) groups is 1. The van der Waals surface area contributed by atoms with Crippen LogP contribution in [0.2, 0.25) is 5.02 Å². The van der Waals surface area contributed by atoms with Gasteiger partial charge in [-0.25, -0.2) is 13.6 Å². The summed E-state index contributed by atoms with van der Waals surface area (Å²) >= 11 is 5.74. The molecule has 0 aliphatic rings. The van der Waals surface area contributed by atoms with E-state index in [9.17, 15) is 13.6 Å². The van der Waals surface area contributed by atoms with E-state index >= 15 is 0 Å². The Balaban J connectivity index is 2.44. The SMILES string of the molecule is O=C(O)c1c(Cl)cccc1Oc1ccc(F)cc1F. The van der Waals surface area contributed by atoms with Crippen molar-refractivity contribution < 1.29 is 23.4 Å². The van der Waals surface area contributed by atoms with Crippen LogP contribution in [-0.4, -0.2) is 11.1 Å². The highest BCUT2D eigenvalue weighted by atomic mass is 35.5. The Morgan fingerprint density at radius 2 is 1.89 bits per heavy atom. The molecule has 0 amide bonds. The van der Waals surface area contributed by atoms with Gasteiger partial charge in [-0.3, -0.25) is 0 Å². The second-order valence-corrected chi connectivity index (χ2v) is 4.00. The molecular weight excluding hydrogens is 278 g/mol. The van der Waals surface area contributed by atoms with E-state index < -0.39 is 17.6 Å². The third kappa shape index (κ3) is 2.82. The van der Waals surface area contributed by atoms with E-state index in [1.54, 1.807) is 0 Å². The number of carboxylic acids is 1. The molecule has 0 aliphatic heterocycles. The first kappa shape index (κ1) is 13.3. The van der Waals surface area contributed by atoms with Crippen molar-refractivity contribution in [2.75, 3.05) is 0 Å². The Morgan fingerprint density at radius 3 is 2.53 bits per heavy atom. The van der Waals surface area contributed by atoms with Gasteiger partial charge in [0.1, 0.15) is 17.1 Å². The average Bonchev–Trinajstić information content (AvgIpc) is 2.32. The molecule has 2 rings (SSSR count). The van der Waals surface area contributed by atoms with E-state index in [4.69, 9.17) is 21.4 Å². The zero-order chi connectivity index (χ0) is 14.0. The quantitative estimate of drug-likeness (QED) is 0.922. The molecule has 6 heteroatoms. The lowest BCUT2D eigenvalue weighted by Crippen LogP contribution is -2.01. The minimum atomic E-state index is -1.30. The number of carboxylic acid groups (broad SMARTS) is 1. The van der Waals surface area contributed by atoms with E-state index in [1.165, 1.54) is 18.2 Å². The second-order valence-electron chi connectivity index (χ2n) is 3.59. The molecule has 98 valence electrons. The molecule has 0 saturated heterocycles. The molecule has 0 atom stereocenters. The molecule has 0 fully saturated rings. The van der Waals surface area contributed by atoms with Crippen molar-refractivity contribution in [1.29, 1.82) is 0 Å². The Kier molecular flexibility index (Phi) is 3.66. The highest BCUT2D eigenvalue weighted by molar-refractivity contribution is 6.33. The maximum absolute atomic E-state index is 13.4. The number of ether oxygens (including phenoxy) is 1. The molecule has 0 aliphatic carbocycles. The van der Waals surface area contributed by atoms with Crippen molar-refractivity contribution >= 4 is 17.6 Å². The van der Waals surface area contributed by atoms with Crippen LogP contribution in [0.15, 0.2) is 36.4 Å². The lowest BCUT2D eigenvalue weighted by atomic mass is 10.2. The van der Waals surface area contributed by atoms with Crippen molar-refractivity contribution in [3.05, 3.63) is 58.6 Å². The first-order valence-corrected chi connectivity index (χ1v) is 5.51. The molecule has 19 heavy (non-hydrogen) atoms. The largest absolute Gasteiger partial charge is 0.478 e. The summed E-state index contributed by atoms with van der Waals surface area (Å²) in [5.74, 6) is -3.40. The Morgan fingerprint density at radius 1 is 1.16 bits per heavy atom. The fraction of sp³-hybridized carbons (Fsp3) is 0. The van der Waals surface area contributed by atoms with Gasteiger partial charge >= 0.3 is 5.97 Å². The van der Waals surface area contributed by atoms with E-state index in [-0.39, 0.29) is 22.1 Å². The molecule has 0 bridgehead atoms. The predicted octanol–water partition coefficient (Wildman–Crippen LogP) is 4.11. The van der Waals surface area contributed by atoms with E-state index in [1.807, 2.05) is 0 Å². The fourth-order valence-electron chi connectivity index (χ4n) is 1.47. The van der Waals surface area contributed by atoms with Crippen molar-refractivity contribution in [2.24, 2.45) is 0 Å². The number of halogens is 3. The zero-order valence-electron chi connectivity index (χ0n) is 9.36. The monoisotopic (exact) mass is 284 g/mol. The number of hydrogen-bond donors (Lipinski definition) is 1. The maximum atomic E-state index is 13.4. The van der Waals surface area contributed by atoms with Crippen LogP contribution in [0.5, 0.6) is 11.5 Å². The van der Waals surface area contributed by atoms with Gasteiger partial charge in [-0.15, -0.1) is 0 Å². The van der Waals surface area contributed by atoms with E-state index in [0.29, 0.717) is 6.07 Å². The standard InChI is InChI=1S/C13H7ClF2O3/c14-8-2-1-3-11(12(8)13(17)18)19-10-5-4-7(15)6-9(10)16/h1-6H,(H,17,18). The first-order valence-electron chi connectivity index (χ1n) is 5.13. The normalized spacial score (nSPS) is 10.3. The predicted molar refractivity (Wildman–Crippen MR) is 64.8 cm³/mol. The molecule has 1 N–H and O–H groups in total. The molecule has 2 aromatic carbocycles. The van der Waals surface area contributed by atoms with Crippen LogP contribution in [0.1, 0.15) is 10.4 Å². The molecule has 2 aromatic rings. The molecule has 0 saturated carbocycles. The third-order valence-corrected chi connectivity index (χ3v) is 2.62. The van der Waals surface area contributed by atoms with Gasteiger partial charge in [-0.2, -0.15) is 0 Å². The smallest absolute Gasteiger partial charge is 0.341 e. The van der Waals surface area contributed by atoms with Crippen molar-refractivity contribution in [2.45, 2.75) is 0 Å². The first-order chi connectivity index (χ1) is 8.99. The summed E-state index contributed by atoms with van der Waals surface area (Å²) in [6, 6.07) is 6.88. The lowest BCUT2D eigenvalue weighted by Gasteiger charge is -2.10. The van der Waals surface area contributed by atoms with Crippen LogP contribution in [-0.2, 0) is 0 Å². The summed E-state index contributed by atoms with van der Waals surface area (Å²) in [5.41, 5.74) is -0.284. The molecule has 0 aromatic heterocycles. The summed E-state index contributed by atoms with van der Waals surface area (Å²) in [6.45, 7) is 0. The summed E-state index contributed by atoms with van der Waals surface area (Å²) in [6.07, 6.45) is 0. The van der Waals surface area contributed by atoms with Crippen LogP contribution < -0.4 is 4.74 Å². The summed E-state index contributed by atoms with van der Waals surface area (Å²) < 4.78 is 31.3. The minimum absolute atomic E-state index is 0.0347. The van der Waals surface area contributed by atoms with Crippen molar-refractivity contribution in [1.82, 2.24) is 0 Å². The molecule has 0 radical (unpaired) electrons. The van der Waals surface area contributed by atoms with Gasteiger partial charge in [-0.1, -0.05) is 17.7 Å². The summed E-state index contributed by atoms with van der Waals surface area (Å²) in [5, 5.41) is 8.99. The molecule has 3 nitrogen and oxygen atoms in total. The fourth-order valence-corrected chi connectivity index (χ4v) is 1.72. The Bertz CT molecular complexity index is 644. The molecule has 0 heterocycles. The molecular formula is C13H7ClF2O3. The van der Waals surface area contributed by atoms with E-state index in [2.05, 4.69) is 0 Å². The molecule has 0 spiro atoms. The van der Waals surface area contributed by atoms with Gasteiger partial charge in [0.05, 0.1) is 5.02 Å². The van der Waals surface area contributed by atoms with Crippen LogP contribution >= 0.6 is 11.6 Å². The number of rotatable bonds is 3.